The minimum Gasteiger partial charge on any atom is -0.296 e. The quantitative estimate of drug-likeness (QED) is 0.600. The third-order valence-electron chi connectivity index (χ3n) is 3.90. The Kier molecular flexibility index (Phi) is 2.46. The molecule has 0 aromatic carbocycles. The van der Waals surface area contributed by atoms with Gasteiger partial charge in [0.15, 0.2) is 0 Å². The minimum atomic E-state index is 0.781. The van der Waals surface area contributed by atoms with Crippen LogP contribution in [0.15, 0.2) is 12.7 Å². The van der Waals surface area contributed by atoms with Crippen molar-refractivity contribution in [2.45, 2.75) is 45.2 Å². The van der Waals surface area contributed by atoms with E-state index in [1.807, 2.05) is 0 Å². The van der Waals surface area contributed by atoms with Crippen LogP contribution in [0.5, 0.6) is 0 Å². The van der Waals surface area contributed by atoms with Crippen molar-refractivity contribution >= 4 is 0 Å². The maximum absolute atomic E-state index is 3.91. The molecule has 74 valence electrons. The van der Waals surface area contributed by atoms with Gasteiger partial charge in [0.25, 0.3) is 0 Å². The maximum atomic E-state index is 3.91. The van der Waals surface area contributed by atoms with Crippen molar-refractivity contribution in [1.29, 1.82) is 0 Å². The molecule has 4 unspecified atom stereocenters. The summed E-state index contributed by atoms with van der Waals surface area (Å²) in [5, 5.41) is 0. The fraction of sp³-hybridized carbons (Fsp3) is 0.833. The van der Waals surface area contributed by atoms with Gasteiger partial charge in [0, 0.05) is 24.5 Å². The largest absolute Gasteiger partial charge is 0.296 e. The average molecular weight is 179 g/mol. The number of nitrogens with zero attached hydrogens (tertiary/aromatic N) is 1. The Morgan fingerprint density at radius 3 is 2.62 bits per heavy atom. The van der Waals surface area contributed by atoms with E-state index < -0.39 is 0 Å². The molecule has 2 aliphatic rings. The average Bonchev–Trinajstić information content (AvgIpc) is 2.84. The summed E-state index contributed by atoms with van der Waals surface area (Å²) in [6.07, 6.45) is 6.27. The van der Waals surface area contributed by atoms with Crippen molar-refractivity contribution in [3.8, 4) is 0 Å². The molecule has 1 aliphatic heterocycles. The van der Waals surface area contributed by atoms with Crippen LogP contribution in [0.3, 0.4) is 0 Å². The molecule has 0 aromatic heterocycles. The first-order chi connectivity index (χ1) is 6.31. The number of rotatable bonds is 4. The molecule has 0 N–H and O–H groups in total. The van der Waals surface area contributed by atoms with Crippen molar-refractivity contribution in [2.75, 3.05) is 6.54 Å². The molecular formula is C12H21N. The molecule has 1 nitrogen and oxygen atoms in total. The summed E-state index contributed by atoms with van der Waals surface area (Å²) in [5.41, 5.74) is 0. The Morgan fingerprint density at radius 1 is 1.38 bits per heavy atom. The van der Waals surface area contributed by atoms with Crippen LogP contribution < -0.4 is 0 Å². The molecule has 2 rings (SSSR count). The Hall–Kier alpha value is -0.300. The summed E-state index contributed by atoms with van der Waals surface area (Å²) in [6.45, 7) is 9.81. The van der Waals surface area contributed by atoms with Gasteiger partial charge in [-0.15, -0.1) is 6.58 Å². The van der Waals surface area contributed by atoms with E-state index >= 15 is 0 Å². The maximum Gasteiger partial charge on any atom is 0.0171 e. The normalized spacial score (nSPS) is 44.2. The Balaban J connectivity index is 1.86. The van der Waals surface area contributed by atoms with Crippen LogP contribution in [0.25, 0.3) is 0 Å². The predicted octanol–water partition coefficient (Wildman–Crippen LogP) is 2.68. The second kappa shape index (κ2) is 3.45. The molecule has 1 aliphatic carbocycles. The molecular weight excluding hydrogens is 158 g/mol. The van der Waals surface area contributed by atoms with Crippen LogP contribution in [0.4, 0.5) is 0 Å². The number of hydrogen-bond donors (Lipinski definition) is 0. The Morgan fingerprint density at radius 2 is 2.15 bits per heavy atom. The van der Waals surface area contributed by atoms with Gasteiger partial charge in [-0.25, -0.2) is 0 Å². The van der Waals surface area contributed by atoms with Gasteiger partial charge >= 0.3 is 0 Å². The summed E-state index contributed by atoms with van der Waals surface area (Å²) in [4.78, 5) is 2.71. The molecule has 1 heteroatoms. The van der Waals surface area contributed by atoms with Gasteiger partial charge in [0.2, 0.25) is 0 Å². The second-order valence-corrected chi connectivity index (χ2v) is 4.54. The molecule has 1 saturated heterocycles. The fourth-order valence-electron chi connectivity index (χ4n) is 2.84. The predicted molar refractivity (Wildman–Crippen MR) is 56.7 cm³/mol. The first kappa shape index (κ1) is 9.26. The lowest BCUT2D eigenvalue weighted by molar-refractivity contribution is 0.0260. The standard InChI is InChI=1S/C12H21N/c1-4-9-7-12(9)13-8-10(5-2)11(13)6-3/h5,9-12H,2,4,6-8H2,1,3H3. The zero-order valence-corrected chi connectivity index (χ0v) is 8.87. The molecule has 0 aromatic rings. The van der Waals surface area contributed by atoms with Gasteiger partial charge in [-0.3, -0.25) is 4.90 Å². The van der Waals surface area contributed by atoms with E-state index in [4.69, 9.17) is 0 Å². The SMILES string of the molecule is C=CC1CN(C2CC2CC)C1CC. The van der Waals surface area contributed by atoms with E-state index in [2.05, 4.69) is 31.4 Å². The number of likely N-dealkylation sites (tertiary alicyclic amines) is 1. The zero-order chi connectivity index (χ0) is 9.42. The van der Waals surface area contributed by atoms with Crippen molar-refractivity contribution in [1.82, 2.24) is 4.90 Å². The molecule has 13 heavy (non-hydrogen) atoms. The summed E-state index contributed by atoms with van der Waals surface area (Å²) < 4.78 is 0. The molecule has 0 bridgehead atoms. The van der Waals surface area contributed by atoms with Gasteiger partial charge in [0.1, 0.15) is 0 Å². The third kappa shape index (κ3) is 1.43. The highest BCUT2D eigenvalue weighted by Crippen LogP contribution is 2.45. The molecule has 2 fully saturated rings. The third-order valence-corrected chi connectivity index (χ3v) is 3.90. The summed E-state index contributed by atoms with van der Waals surface area (Å²) in [7, 11) is 0. The van der Waals surface area contributed by atoms with Gasteiger partial charge in [0.05, 0.1) is 0 Å². The van der Waals surface area contributed by atoms with Crippen LogP contribution in [0, 0.1) is 11.8 Å². The van der Waals surface area contributed by atoms with E-state index in [9.17, 15) is 0 Å². The van der Waals surface area contributed by atoms with E-state index in [-0.39, 0.29) is 0 Å². The van der Waals surface area contributed by atoms with Crippen molar-refractivity contribution in [3.63, 3.8) is 0 Å². The van der Waals surface area contributed by atoms with E-state index in [1.54, 1.807) is 0 Å². The molecule has 4 atom stereocenters. The van der Waals surface area contributed by atoms with Crippen LogP contribution in [0.2, 0.25) is 0 Å². The lowest BCUT2D eigenvalue weighted by Crippen LogP contribution is -2.56. The Bertz CT molecular complexity index is 199. The van der Waals surface area contributed by atoms with E-state index in [1.165, 1.54) is 25.8 Å². The van der Waals surface area contributed by atoms with Gasteiger partial charge in [-0.1, -0.05) is 26.3 Å². The highest BCUT2D eigenvalue weighted by atomic mass is 15.3. The highest BCUT2D eigenvalue weighted by Gasteiger charge is 2.48. The van der Waals surface area contributed by atoms with E-state index in [0.29, 0.717) is 0 Å². The van der Waals surface area contributed by atoms with Crippen molar-refractivity contribution in [2.24, 2.45) is 11.8 Å². The van der Waals surface area contributed by atoms with Gasteiger partial charge in [-0.05, 0) is 18.8 Å². The number of hydrogen-bond acceptors (Lipinski definition) is 1. The molecule has 1 heterocycles. The van der Waals surface area contributed by atoms with Crippen LogP contribution in [-0.4, -0.2) is 23.5 Å². The van der Waals surface area contributed by atoms with Crippen LogP contribution >= 0.6 is 0 Å². The topological polar surface area (TPSA) is 3.24 Å². The second-order valence-electron chi connectivity index (χ2n) is 4.54. The lowest BCUT2D eigenvalue weighted by Gasteiger charge is -2.47. The van der Waals surface area contributed by atoms with Gasteiger partial charge < -0.3 is 0 Å². The first-order valence-corrected chi connectivity index (χ1v) is 5.70. The highest BCUT2D eigenvalue weighted by molar-refractivity contribution is 5.07. The monoisotopic (exact) mass is 179 g/mol. The van der Waals surface area contributed by atoms with Crippen molar-refractivity contribution < 1.29 is 0 Å². The van der Waals surface area contributed by atoms with Crippen molar-refractivity contribution in [3.05, 3.63) is 12.7 Å². The molecule has 0 amide bonds. The van der Waals surface area contributed by atoms with Gasteiger partial charge in [-0.2, -0.15) is 0 Å². The lowest BCUT2D eigenvalue weighted by atomic mass is 9.86. The van der Waals surface area contributed by atoms with E-state index in [0.717, 1.165) is 23.9 Å². The minimum absolute atomic E-state index is 0.781. The first-order valence-electron chi connectivity index (χ1n) is 5.70. The Labute approximate surface area is 81.8 Å². The fourth-order valence-corrected chi connectivity index (χ4v) is 2.84. The zero-order valence-electron chi connectivity index (χ0n) is 8.87. The smallest absolute Gasteiger partial charge is 0.0171 e. The van der Waals surface area contributed by atoms with Crippen LogP contribution in [-0.2, 0) is 0 Å². The molecule has 0 radical (unpaired) electrons. The summed E-state index contributed by atoms with van der Waals surface area (Å²) in [6, 6.07) is 1.75. The summed E-state index contributed by atoms with van der Waals surface area (Å²) >= 11 is 0. The van der Waals surface area contributed by atoms with Crippen LogP contribution in [0.1, 0.15) is 33.1 Å². The molecule has 0 spiro atoms. The summed E-state index contributed by atoms with van der Waals surface area (Å²) in [5.74, 6) is 1.79. The molecule has 1 saturated carbocycles.